The van der Waals surface area contributed by atoms with Crippen molar-refractivity contribution in [2.45, 2.75) is 82.2 Å². The second kappa shape index (κ2) is 10.1. The number of phosphoric ester groups is 1. The van der Waals surface area contributed by atoms with Gasteiger partial charge < -0.3 is 40.2 Å². The number of nitrogens with one attached hydrogen (secondary N) is 1. The van der Waals surface area contributed by atoms with Crippen LogP contribution in [-0.2, 0) is 22.7 Å². The molecule has 0 bridgehead atoms. The normalized spacial score (nSPS) is 29.9. The van der Waals surface area contributed by atoms with Crippen molar-refractivity contribution in [2.24, 2.45) is 0 Å². The van der Waals surface area contributed by atoms with Crippen LogP contribution in [0.15, 0.2) is 12.7 Å². The van der Waals surface area contributed by atoms with Crippen molar-refractivity contribution in [3.8, 4) is 0 Å². The Morgan fingerprint density at radius 3 is 2.32 bits per heavy atom. The van der Waals surface area contributed by atoms with E-state index in [0.29, 0.717) is 24.2 Å². The van der Waals surface area contributed by atoms with E-state index in [0.717, 1.165) is 0 Å². The third-order valence-corrected chi connectivity index (χ3v) is 8.71. The molecule has 0 amide bonds. The molecule has 17 nitrogen and oxygen atoms in total. The van der Waals surface area contributed by atoms with Crippen molar-refractivity contribution in [3.63, 3.8) is 0 Å². The van der Waals surface area contributed by atoms with E-state index in [2.05, 4.69) is 29.1 Å². The highest BCUT2D eigenvalue weighted by Crippen LogP contribution is 2.57. The molecule has 2 aromatic rings. The zero-order valence-electron chi connectivity index (χ0n) is 21.0. The molecule has 2 aliphatic heterocycles. The molecular weight excluding hydrogens is 550 g/mol. The third-order valence-electron chi connectivity index (χ3n) is 6.56. The molecule has 0 aliphatic carbocycles. The van der Waals surface area contributed by atoms with E-state index in [1.54, 1.807) is 0 Å². The fourth-order valence-electron chi connectivity index (χ4n) is 5.13. The zero-order valence-corrected chi connectivity index (χ0v) is 22.8. The summed E-state index contributed by atoms with van der Waals surface area (Å²) in [5.41, 5.74) is -0.394. The number of aliphatic hydroxyl groups is 2. The zero-order chi connectivity index (χ0) is 28.3. The van der Waals surface area contributed by atoms with E-state index in [9.17, 15) is 29.4 Å². The summed E-state index contributed by atoms with van der Waals surface area (Å²) in [5, 5.41) is 36.3. The van der Waals surface area contributed by atoms with Crippen molar-refractivity contribution in [1.82, 2.24) is 24.6 Å². The number of hydrogen-bond acceptors (Lipinski definition) is 13. The molecular formula is C19H32N6O11P2. The minimum Gasteiger partial charge on any atom is -0.387 e. The van der Waals surface area contributed by atoms with Crippen molar-refractivity contribution in [1.29, 1.82) is 0 Å². The largest absolute Gasteiger partial charge is 0.481 e. The molecule has 38 heavy (non-hydrogen) atoms. The van der Waals surface area contributed by atoms with Crippen LogP contribution in [0.25, 0.3) is 11.2 Å². The minimum absolute atomic E-state index is 0.0622. The molecule has 214 valence electrons. The molecule has 2 aromatic heterocycles. The lowest BCUT2D eigenvalue weighted by atomic mass is 9.79. The first-order valence-electron chi connectivity index (χ1n) is 11.6. The quantitative estimate of drug-likeness (QED) is 0.209. The average molecular weight is 582 g/mol. The van der Waals surface area contributed by atoms with Crippen molar-refractivity contribution >= 4 is 32.6 Å². The van der Waals surface area contributed by atoms with Gasteiger partial charge in [0.05, 0.1) is 12.9 Å². The second-order valence-electron chi connectivity index (χ2n) is 10.6. The number of ether oxygens (including phenoxy) is 1. The molecule has 2 fully saturated rings. The standard InChI is InChI=1S/C19H32N6O11P2/c1-18(2)5-10(6-19(3,4)25(18)28)23-15-12-16(21-8-20-15)24(9-22-12)17-14(27)13(26)11(35-17)7-34-38(32,33)36-37(29,30)31/h8-11,13-14,17,26-28H,5-7H2,1-4H3,(H,32,33)(H,20,21,23)(H2,29,30,31)/t11-,13-,14-,17-/m1/s1. The highest BCUT2D eigenvalue weighted by Gasteiger charge is 2.47. The summed E-state index contributed by atoms with van der Waals surface area (Å²) in [4.78, 5) is 39.8. The third kappa shape index (κ3) is 6.09. The maximum Gasteiger partial charge on any atom is 0.481 e. The average Bonchev–Trinajstić information content (AvgIpc) is 3.31. The lowest BCUT2D eigenvalue weighted by Crippen LogP contribution is -2.61. The molecule has 19 heteroatoms. The Kier molecular flexibility index (Phi) is 7.82. The van der Waals surface area contributed by atoms with Gasteiger partial charge in [0.25, 0.3) is 0 Å². The Morgan fingerprint density at radius 1 is 1.08 bits per heavy atom. The molecule has 7 N–H and O–H groups in total. The van der Waals surface area contributed by atoms with Gasteiger partial charge in [0.1, 0.15) is 24.6 Å². The summed E-state index contributed by atoms with van der Waals surface area (Å²) >= 11 is 0. The van der Waals surface area contributed by atoms with Gasteiger partial charge in [-0.15, -0.1) is 0 Å². The number of aromatic nitrogens is 4. The number of rotatable bonds is 8. The van der Waals surface area contributed by atoms with Gasteiger partial charge in [-0.2, -0.15) is 9.37 Å². The molecule has 4 rings (SSSR count). The lowest BCUT2D eigenvalue weighted by molar-refractivity contribution is -0.243. The maximum atomic E-state index is 11.7. The number of anilines is 1. The summed E-state index contributed by atoms with van der Waals surface area (Å²) in [6, 6.07) is -0.0622. The first-order valence-corrected chi connectivity index (χ1v) is 14.6. The second-order valence-corrected chi connectivity index (χ2v) is 13.4. The van der Waals surface area contributed by atoms with E-state index in [1.807, 2.05) is 27.7 Å². The Hall–Kier alpha value is -1.59. The molecule has 0 aromatic carbocycles. The number of fused-ring (bicyclic) bond motifs is 1. The minimum atomic E-state index is -5.33. The highest BCUT2D eigenvalue weighted by atomic mass is 31.3. The van der Waals surface area contributed by atoms with Gasteiger partial charge >= 0.3 is 15.6 Å². The van der Waals surface area contributed by atoms with E-state index < -0.39 is 57.9 Å². The molecule has 0 saturated carbocycles. The van der Waals surface area contributed by atoms with E-state index in [-0.39, 0.29) is 11.7 Å². The number of phosphoric acid groups is 2. The van der Waals surface area contributed by atoms with Crippen LogP contribution in [0, 0.1) is 0 Å². The van der Waals surface area contributed by atoms with Gasteiger partial charge in [-0.05, 0) is 40.5 Å². The molecule has 2 saturated heterocycles. The summed E-state index contributed by atoms with van der Waals surface area (Å²) in [7, 11) is -10.5. The fourth-order valence-corrected chi connectivity index (χ4v) is 6.73. The Balaban J connectivity index is 1.51. The lowest BCUT2D eigenvalue weighted by Gasteiger charge is -2.51. The van der Waals surface area contributed by atoms with Crippen molar-refractivity contribution in [2.75, 3.05) is 11.9 Å². The van der Waals surface area contributed by atoms with E-state index in [4.69, 9.17) is 14.5 Å². The van der Waals surface area contributed by atoms with Crippen LogP contribution < -0.4 is 5.32 Å². The van der Waals surface area contributed by atoms with E-state index in [1.165, 1.54) is 22.3 Å². The predicted octanol–water partition coefficient (Wildman–Crippen LogP) is 0.494. The van der Waals surface area contributed by atoms with Gasteiger partial charge in [0, 0.05) is 17.1 Å². The highest BCUT2D eigenvalue weighted by molar-refractivity contribution is 7.60. The van der Waals surface area contributed by atoms with Crippen LogP contribution >= 0.6 is 15.6 Å². The van der Waals surface area contributed by atoms with Crippen molar-refractivity contribution < 1.29 is 52.8 Å². The molecule has 5 atom stereocenters. The molecule has 2 aliphatic rings. The SMILES string of the molecule is CC1(C)CC(Nc2ncnc3c2ncn3[C@@H]2O[C@H](COP(=O)(O)OP(=O)(O)O)[C@@H](O)[C@H]2O)CC(C)(C)N1O. The Morgan fingerprint density at radius 2 is 1.71 bits per heavy atom. The van der Waals surface area contributed by atoms with Crippen LogP contribution in [0.4, 0.5) is 5.82 Å². The van der Waals surface area contributed by atoms with Gasteiger partial charge in [-0.1, -0.05) is 0 Å². The van der Waals surface area contributed by atoms with E-state index >= 15 is 0 Å². The van der Waals surface area contributed by atoms with Gasteiger partial charge in [-0.25, -0.2) is 24.1 Å². The number of piperidine rings is 1. The molecule has 0 radical (unpaired) electrons. The maximum absolute atomic E-state index is 11.7. The van der Waals surface area contributed by atoms with Crippen LogP contribution in [-0.4, -0.2) is 96.7 Å². The topological polar surface area (TPSA) is 242 Å². The van der Waals surface area contributed by atoms with Gasteiger partial charge in [-0.3, -0.25) is 9.09 Å². The molecule has 4 heterocycles. The number of nitrogens with zero attached hydrogens (tertiary/aromatic N) is 5. The Bertz CT molecular complexity index is 1250. The number of hydroxylamine groups is 2. The summed E-state index contributed by atoms with van der Waals surface area (Å²) < 4.78 is 37.8. The first kappa shape index (κ1) is 29.4. The van der Waals surface area contributed by atoms with Gasteiger partial charge in [0.15, 0.2) is 23.2 Å². The number of imidazole rings is 1. The number of hydrogen-bond donors (Lipinski definition) is 7. The first-order chi connectivity index (χ1) is 17.4. The van der Waals surface area contributed by atoms with Crippen LogP contribution in [0.3, 0.4) is 0 Å². The van der Waals surface area contributed by atoms with Crippen LogP contribution in [0.1, 0.15) is 46.8 Å². The smallest absolute Gasteiger partial charge is 0.387 e. The van der Waals surface area contributed by atoms with Crippen LogP contribution in [0.2, 0.25) is 0 Å². The predicted molar refractivity (Wildman–Crippen MR) is 129 cm³/mol. The Labute approximate surface area is 217 Å². The molecule has 0 spiro atoms. The summed E-state index contributed by atoms with van der Waals surface area (Å²) in [6.07, 6.45) is -1.89. The number of aliphatic hydroxyl groups excluding tert-OH is 2. The van der Waals surface area contributed by atoms with Gasteiger partial charge in [0.2, 0.25) is 0 Å². The fraction of sp³-hybridized carbons (Fsp3) is 0.737. The van der Waals surface area contributed by atoms with Crippen molar-refractivity contribution in [3.05, 3.63) is 12.7 Å². The monoisotopic (exact) mass is 582 g/mol. The summed E-state index contributed by atoms with van der Waals surface area (Å²) in [6.45, 7) is 6.92. The van der Waals surface area contributed by atoms with Crippen LogP contribution in [0.5, 0.6) is 0 Å². The molecule has 1 unspecified atom stereocenters. The summed E-state index contributed by atoms with van der Waals surface area (Å²) in [5.74, 6) is 0.417.